The average Bonchev–Trinajstić information content (AvgIpc) is 2.81. The van der Waals surface area contributed by atoms with E-state index < -0.39 is 0 Å². The molecular formula is C12H18ClN3O. The summed E-state index contributed by atoms with van der Waals surface area (Å²) in [6.45, 7) is 2.54. The van der Waals surface area contributed by atoms with Crippen LogP contribution in [0.1, 0.15) is 35.4 Å². The smallest absolute Gasteiger partial charge is 0.269 e. The third kappa shape index (κ3) is 2.80. The third-order valence-electron chi connectivity index (χ3n) is 3.33. The predicted octanol–water partition coefficient (Wildman–Crippen LogP) is 1.87. The molecule has 0 radical (unpaired) electrons. The van der Waals surface area contributed by atoms with Gasteiger partial charge in [0.2, 0.25) is 0 Å². The molecule has 0 bridgehead atoms. The van der Waals surface area contributed by atoms with E-state index in [1.54, 1.807) is 17.8 Å². The summed E-state index contributed by atoms with van der Waals surface area (Å²) in [5.74, 6) is 0.346. The molecule has 5 heteroatoms. The van der Waals surface area contributed by atoms with Crippen LogP contribution in [0.25, 0.3) is 0 Å². The first-order chi connectivity index (χ1) is 8.08. The third-order valence-corrected chi connectivity index (χ3v) is 3.90. The van der Waals surface area contributed by atoms with Crippen LogP contribution in [0.4, 0.5) is 0 Å². The zero-order valence-corrected chi connectivity index (χ0v) is 11.0. The topological polar surface area (TPSA) is 46.9 Å². The van der Waals surface area contributed by atoms with Gasteiger partial charge in [-0.25, -0.2) is 0 Å². The molecule has 0 saturated heterocycles. The van der Waals surface area contributed by atoms with Gasteiger partial charge in [-0.1, -0.05) is 6.42 Å². The van der Waals surface area contributed by atoms with Gasteiger partial charge in [0.25, 0.3) is 5.91 Å². The van der Waals surface area contributed by atoms with Gasteiger partial charge in [0.1, 0.15) is 5.69 Å². The van der Waals surface area contributed by atoms with Gasteiger partial charge >= 0.3 is 0 Å². The van der Waals surface area contributed by atoms with Crippen LogP contribution in [0.5, 0.6) is 0 Å². The number of aromatic nitrogens is 2. The fourth-order valence-electron chi connectivity index (χ4n) is 2.36. The van der Waals surface area contributed by atoms with Crippen molar-refractivity contribution in [3.8, 4) is 0 Å². The lowest BCUT2D eigenvalue weighted by Gasteiger charge is -2.14. The van der Waals surface area contributed by atoms with Gasteiger partial charge in [0, 0.05) is 19.0 Å². The standard InChI is InChI=1S/C12H18ClN3O/c1-8-6-11(16(2)15-8)12(17)14-7-9-4-3-5-10(9)13/h6,9-10H,3-5,7H2,1-2H3,(H,14,17). The summed E-state index contributed by atoms with van der Waals surface area (Å²) in [6.07, 6.45) is 3.34. The molecule has 2 atom stereocenters. The molecule has 94 valence electrons. The Bertz CT molecular complexity index is 416. The van der Waals surface area contributed by atoms with E-state index in [-0.39, 0.29) is 11.3 Å². The van der Waals surface area contributed by atoms with Crippen LogP contribution < -0.4 is 5.32 Å². The Morgan fingerprint density at radius 3 is 2.94 bits per heavy atom. The molecule has 1 aromatic rings. The maximum absolute atomic E-state index is 11.9. The van der Waals surface area contributed by atoms with Crippen LogP contribution in [0.15, 0.2) is 6.07 Å². The molecule has 0 aliphatic heterocycles. The fraction of sp³-hybridized carbons (Fsp3) is 0.667. The largest absolute Gasteiger partial charge is 0.350 e. The number of hydrogen-bond donors (Lipinski definition) is 1. The van der Waals surface area contributed by atoms with Crippen molar-refractivity contribution in [2.75, 3.05) is 6.54 Å². The van der Waals surface area contributed by atoms with Crippen LogP contribution in [0.3, 0.4) is 0 Å². The Balaban J connectivity index is 1.91. The zero-order chi connectivity index (χ0) is 12.4. The van der Waals surface area contributed by atoms with Gasteiger partial charge in [0.15, 0.2) is 0 Å². The number of alkyl halides is 1. The summed E-state index contributed by atoms with van der Waals surface area (Å²) >= 11 is 6.17. The van der Waals surface area contributed by atoms with Gasteiger partial charge in [-0.05, 0) is 31.7 Å². The minimum atomic E-state index is -0.0659. The number of rotatable bonds is 3. The quantitative estimate of drug-likeness (QED) is 0.839. The molecule has 1 saturated carbocycles. The number of carbonyl (C=O) groups is 1. The molecule has 1 N–H and O–H groups in total. The summed E-state index contributed by atoms with van der Waals surface area (Å²) in [5.41, 5.74) is 1.46. The van der Waals surface area contributed by atoms with Crippen molar-refractivity contribution in [3.05, 3.63) is 17.5 Å². The lowest BCUT2D eigenvalue weighted by atomic mass is 10.1. The molecule has 2 rings (SSSR count). The number of amides is 1. The number of carbonyl (C=O) groups excluding carboxylic acids is 1. The highest BCUT2D eigenvalue weighted by Gasteiger charge is 2.25. The Morgan fingerprint density at radius 1 is 1.65 bits per heavy atom. The minimum Gasteiger partial charge on any atom is -0.350 e. The molecule has 4 nitrogen and oxygen atoms in total. The van der Waals surface area contributed by atoms with Crippen molar-refractivity contribution in [2.45, 2.75) is 31.6 Å². The van der Waals surface area contributed by atoms with Gasteiger partial charge in [-0.2, -0.15) is 5.10 Å². The van der Waals surface area contributed by atoms with E-state index in [4.69, 9.17) is 11.6 Å². The monoisotopic (exact) mass is 255 g/mol. The molecule has 0 aromatic carbocycles. The van der Waals surface area contributed by atoms with Crippen LogP contribution in [0, 0.1) is 12.8 Å². The molecule has 2 unspecified atom stereocenters. The molecule has 1 fully saturated rings. The van der Waals surface area contributed by atoms with E-state index in [9.17, 15) is 4.79 Å². The molecule has 1 amide bonds. The number of aryl methyl sites for hydroxylation is 2. The van der Waals surface area contributed by atoms with E-state index in [0.29, 0.717) is 18.2 Å². The highest BCUT2D eigenvalue weighted by Crippen LogP contribution is 2.29. The maximum Gasteiger partial charge on any atom is 0.269 e. The number of nitrogens with zero attached hydrogens (tertiary/aromatic N) is 2. The van der Waals surface area contributed by atoms with Crippen molar-refractivity contribution in [1.29, 1.82) is 0 Å². The Hall–Kier alpha value is -1.03. The highest BCUT2D eigenvalue weighted by atomic mass is 35.5. The molecule has 1 aromatic heterocycles. The summed E-state index contributed by atoms with van der Waals surface area (Å²) in [6, 6.07) is 1.79. The highest BCUT2D eigenvalue weighted by molar-refractivity contribution is 6.21. The van der Waals surface area contributed by atoms with Crippen LogP contribution >= 0.6 is 11.6 Å². The van der Waals surface area contributed by atoms with E-state index in [1.165, 1.54) is 6.42 Å². The summed E-state index contributed by atoms with van der Waals surface area (Å²) in [7, 11) is 1.78. The van der Waals surface area contributed by atoms with E-state index in [2.05, 4.69) is 10.4 Å². The SMILES string of the molecule is Cc1cc(C(=O)NCC2CCCC2Cl)n(C)n1. The lowest BCUT2D eigenvalue weighted by molar-refractivity contribution is 0.0938. The zero-order valence-electron chi connectivity index (χ0n) is 10.2. The van der Waals surface area contributed by atoms with Gasteiger partial charge in [-0.15, -0.1) is 11.6 Å². The van der Waals surface area contributed by atoms with E-state index in [0.717, 1.165) is 18.5 Å². The maximum atomic E-state index is 11.9. The molecule has 1 aliphatic rings. The first-order valence-electron chi connectivity index (χ1n) is 6.01. The van der Waals surface area contributed by atoms with Crippen LogP contribution in [-0.4, -0.2) is 27.6 Å². The molecule has 0 spiro atoms. The Kier molecular flexibility index (Phi) is 3.72. The van der Waals surface area contributed by atoms with E-state index in [1.807, 2.05) is 6.92 Å². The number of halogens is 1. The minimum absolute atomic E-state index is 0.0659. The van der Waals surface area contributed by atoms with Crippen molar-refractivity contribution in [3.63, 3.8) is 0 Å². The fourth-order valence-corrected chi connectivity index (χ4v) is 2.73. The van der Waals surface area contributed by atoms with Gasteiger partial charge < -0.3 is 5.32 Å². The average molecular weight is 256 g/mol. The van der Waals surface area contributed by atoms with Crippen LogP contribution in [0.2, 0.25) is 0 Å². The molecule has 1 heterocycles. The second-order valence-corrected chi connectivity index (χ2v) is 5.27. The van der Waals surface area contributed by atoms with Crippen molar-refractivity contribution in [2.24, 2.45) is 13.0 Å². The summed E-state index contributed by atoms with van der Waals surface area (Å²) in [5, 5.41) is 7.31. The normalized spacial score (nSPS) is 23.9. The lowest BCUT2D eigenvalue weighted by Crippen LogP contribution is -2.32. The summed E-state index contributed by atoms with van der Waals surface area (Å²) in [4.78, 5) is 11.9. The van der Waals surface area contributed by atoms with Crippen molar-refractivity contribution >= 4 is 17.5 Å². The Morgan fingerprint density at radius 2 is 2.41 bits per heavy atom. The Labute approximate surface area is 106 Å². The second-order valence-electron chi connectivity index (χ2n) is 4.71. The summed E-state index contributed by atoms with van der Waals surface area (Å²) < 4.78 is 1.61. The first kappa shape index (κ1) is 12.4. The number of nitrogens with one attached hydrogen (secondary N) is 1. The first-order valence-corrected chi connectivity index (χ1v) is 6.44. The van der Waals surface area contributed by atoms with Gasteiger partial charge in [-0.3, -0.25) is 9.48 Å². The molecular weight excluding hydrogens is 238 g/mol. The van der Waals surface area contributed by atoms with Crippen molar-refractivity contribution < 1.29 is 4.79 Å². The van der Waals surface area contributed by atoms with E-state index >= 15 is 0 Å². The molecule has 1 aliphatic carbocycles. The van der Waals surface area contributed by atoms with Gasteiger partial charge in [0.05, 0.1) is 5.69 Å². The van der Waals surface area contributed by atoms with Crippen molar-refractivity contribution in [1.82, 2.24) is 15.1 Å². The number of hydrogen-bond acceptors (Lipinski definition) is 2. The predicted molar refractivity (Wildman–Crippen MR) is 67.3 cm³/mol. The molecule has 17 heavy (non-hydrogen) atoms. The second kappa shape index (κ2) is 5.08. The van der Waals surface area contributed by atoms with Crippen LogP contribution in [-0.2, 0) is 7.05 Å².